The van der Waals surface area contributed by atoms with Crippen LogP contribution in [0.2, 0.25) is 0 Å². The summed E-state index contributed by atoms with van der Waals surface area (Å²) in [5.74, 6) is 0.234. The fraction of sp³-hybridized carbons (Fsp3) is 0.429. The van der Waals surface area contributed by atoms with Gasteiger partial charge in [-0.2, -0.15) is 0 Å². The molecule has 1 saturated carbocycles. The number of ketones is 2. The van der Waals surface area contributed by atoms with Crippen LogP contribution < -0.4 is 16.4 Å². The lowest BCUT2D eigenvalue weighted by Gasteiger charge is -2.33. The van der Waals surface area contributed by atoms with E-state index in [0.29, 0.717) is 5.56 Å². The maximum atomic E-state index is 12.8. The summed E-state index contributed by atoms with van der Waals surface area (Å²) in [5, 5.41) is 0. The van der Waals surface area contributed by atoms with Crippen LogP contribution >= 0.6 is 0 Å². The van der Waals surface area contributed by atoms with E-state index in [0.717, 1.165) is 50.0 Å². The maximum Gasteiger partial charge on any atom is 0.189 e. The number of nitrogens with two attached hydrogens (primary N) is 2. The number of aromatic nitrogens is 2. The second-order valence-electron chi connectivity index (χ2n) is 7.70. The van der Waals surface area contributed by atoms with Crippen LogP contribution in [-0.4, -0.2) is 40.7 Å². The van der Waals surface area contributed by atoms with Crippen molar-refractivity contribution in [1.82, 2.24) is 9.97 Å². The van der Waals surface area contributed by atoms with E-state index in [4.69, 9.17) is 11.5 Å². The lowest BCUT2D eigenvalue weighted by molar-refractivity contribution is 0.0962. The molecule has 0 radical (unpaired) electrons. The normalized spacial score (nSPS) is 17.5. The third-order valence-corrected chi connectivity index (χ3v) is 5.53. The van der Waals surface area contributed by atoms with E-state index in [-0.39, 0.29) is 41.5 Å². The molecule has 1 aromatic carbocycles. The molecule has 4 rings (SSSR count). The van der Waals surface area contributed by atoms with E-state index in [2.05, 4.69) is 14.9 Å². The molecular formula is C21H25N5O2. The molecule has 0 bridgehead atoms. The Morgan fingerprint density at radius 3 is 2.46 bits per heavy atom. The van der Waals surface area contributed by atoms with Gasteiger partial charge in [0, 0.05) is 55.1 Å². The van der Waals surface area contributed by atoms with Crippen molar-refractivity contribution in [2.24, 2.45) is 11.7 Å². The van der Waals surface area contributed by atoms with Gasteiger partial charge in [0.05, 0.1) is 0 Å². The molecule has 2 heterocycles. The number of carbonyl (C=O) groups excluding carboxylic acids is 2. The van der Waals surface area contributed by atoms with Gasteiger partial charge in [0.15, 0.2) is 17.4 Å². The number of piperidine rings is 1. The Morgan fingerprint density at radius 2 is 1.79 bits per heavy atom. The molecule has 0 atom stereocenters. The Morgan fingerprint density at radius 1 is 1.07 bits per heavy atom. The van der Waals surface area contributed by atoms with Gasteiger partial charge in [0.1, 0.15) is 5.69 Å². The van der Waals surface area contributed by atoms with Crippen molar-refractivity contribution in [3.8, 4) is 0 Å². The Hall–Kier alpha value is -2.80. The Bertz CT molecular complexity index is 901. The third-order valence-electron chi connectivity index (χ3n) is 5.53. The second-order valence-corrected chi connectivity index (χ2v) is 7.70. The van der Waals surface area contributed by atoms with Gasteiger partial charge < -0.3 is 16.4 Å². The highest BCUT2D eigenvalue weighted by Crippen LogP contribution is 2.34. The molecule has 4 N–H and O–H groups in total. The van der Waals surface area contributed by atoms with Gasteiger partial charge in [-0.3, -0.25) is 9.59 Å². The number of benzene rings is 1. The third kappa shape index (κ3) is 3.89. The van der Waals surface area contributed by atoms with Crippen molar-refractivity contribution in [1.29, 1.82) is 0 Å². The number of nitrogen functional groups attached to an aromatic ring is 1. The van der Waals surface area contributed by atoms with Crippen molar-refractivity contribution in [2.75, 3.05) is 23.7 Å². The second kappa shape index (κ2) is 7.67. The van der Waals surface area contributed by atoms with Crippen molar-refractivity contribution in [3.63, 3.8) is 0 Å². The SMILES string of the molecule is Nc1nccnc1C(=O)Cc1cc(C(=O)C2CC2)ccc1N1CCC(N)CC1. The van der Waals surface area contributed by atoms with E-state index in [9.17, 15) is 9.59 Å². The predicted octanol–water partition coefficient (Wildman–Crippen LogP) is 2.00. The first kappa shape index (κ1) is 18.6. The highest BCUT2D eigenvalue weighted by Gasteiger charge is 2.31. The first-order valence-corrected chi connectivity index (χ1v) is 9.80. The molecule has 1 aliphatic carbocycles. The molecule has 2 aromatic rings. The van der Waals surface area contributed by atoms with Gasteiger partial charge >= 0.3 is 0 Å². The van der Waals surface area contributed by atoms with Crippen LogP contribution in [0.15, 0.2) is 30.6 Å². The van der Waals surface area contributed by atoms with E-state index < -0.39 is 0 Å². The molecule has 2 fully saturated rings. The summed E-state index contributed by atoms with van der Waals surface area (Å²) in [7, 11) is 0. The highest BCUT2D eigenvalue weighted by atomic mass is 16.1. The van der Waals surface area contributed by atoms with Crippen LogP contribution in [-0.2, 0) is 6.42 Å². The molecule has 28 heavy (non-hydrogen) atoms. The molecule has 1 aliphatic heterocycles. The molecule has 0 unspecified atom stereocenters. The number of carbonyl (C=O) groups is 2. The quantitative estimate of drug-likeness (QED) is 0.738. The largest absolute Gasteiger partial charge is 0.382 e. The van der Waals surface area contributed by atoms with E-state index in [1.807, 2.05) is 18.2 Å². The minimum atomic E-state index is -0.198. The molecule has 7 nitrogen and oxygen atoms in total. The van der Waals surface area contributed by atoms with Crippen LogP contribution in [0.25, 0.3) is 0 Å². The number of Topliss-reactive ketones (excluding diaryl/α,β-unsaturated/α-hetero) is 2. The van der Waals surface area contributed by atoms with Crippen LogP contribution in [0.4, 0.5) is 11.5 Å². The lowest BCUT2D eigenvalue weighted by Crippen LogP contribution is -2.40. The number of hydrogen-bond acceptors (Lipinski definition) is 7. The topological polar surface area (TPSA) is 115 Å². The monoisotopic (exact) mass is 379 g/mol. The molecule has 2 aliphatic rings. The smallest absolute Gasteiger partial charge is 0.189 e. The zero-order valence-corrected chi connectivity index (χ0v) is 15.8. The number of anilines is 2. The van der Waals surface area contributed by atoms with Gasteiger partial charge in [-0.25, -0.2) is 9.97 Å². The molecule has 7 heteroatoms. The number of hydrogen-bond donors (Lipinski definition) is 2. The molecule has 1 saturated heterocycles. The zero-order valence-electron chi connectivity index (χ0n) is 15.8. The predicted molar refractivity (Wildman–Crippen MR) is 107 cm³/mol. The van der Waals surface area contributed by atoms with Crippen LogP contribution in [0.1, 0.15) is 52.1 Å². The summed E-state index contributed by atoms with van der Waals surface area (Å²) in [5.41, 5.74) is 14.5. The average Bonchev–Trinajstić information content (AvgIpc) is 3.54. The standard InChI is InChI=1S/C21H25N5O2/c22-16-5-9-26(10-6-16)17-4-3-14(20(28)13-1-2-13)11-15(17)12-18(27)19-21(23)25-8-7-24-19/h3-4,7-8,11,13,16H,1-2,5-6,9-10,12,22H2,(H2,23,25). The minimum Gasteiger partial charge on any atom is -0.382 e. The van der Waals surface area contributed by atoms with E-state index in [1.165, 1.54) is 12.4 Å². The van der Waals surface area contributed by atoms with Crippen molar-refractivity contribution < 1.29 is 9.59 Å². The Kier molecular flexibility index (Phi) is 5.09. The van der Waals surface area contributed by atoms with Crippen molar-refractivity contribution in [2.45, 2.75) is 38.1 Å². The van der Waals surface area contributed by atoms with Crippen LogP contribution in [0, 0.1) is 5.92 Å². The van der Waals surface area contributed by atoms with Gasteiger partial charge in [-0.1, -0.05) is 0 Å². The first-order chi connectivity index (χ1) is 13.5. The van der Waals surface area contributed by atoms with Crippen LogP contribution in [0.3, 0.4) is 0 Å². The fourth-order valence-electron chi connectivity index (χ4n) is 3.73. The van der Waals surface area contributed by atoms with Gasteiger partial charge in [-0.05, 0) is 49.4 Å². The molecule has 1 aromatic heterocycles. The van der Waals surface area contributed by atoms with Crippen molar-refractivity contribution in [3.05, 3.63) is 47.4 Å². The number of rotatable bonds is 6. The highest BCUT2D eigenvalue weighted by molar-refractivity contribution is 6.02. The Labute approximate surface area is 164 Å². The summed E-state index contributed by atoms with van der Waals surface area (Å²) in [6.07, 6.45) is 6.78. The maximum absolute atomic E-state index is 12.8. The summed E-state index contributed by atoms with van der Waals surface area (Å²) < 4.78 is 0. The van der Waals surface area contributed by atoms with Gasteiger partial charge in [0.2, 0.25) is 0 Å². The van der Waals surface area contributed by atoms with E-state index >= 15 is 0 Å². The summed E-state index contributed by atoms with van der Waals surface area (Å²) in [6, 6.07) is 5.94. The molecule has 0 amide bonds. The first-order valence-electron chi connectivity index (χ1n) is 9.80. The van der Waals surface area contributed by atoms with Gasteiger partial charge in [0.25, 0.3) is 0 Å². The fourth-order valence-corrected chi connectivity index (χ4v) is 3.73. The summed E-state index contributed by atoms with van der Waals surface area (Å²) in [6.45, 7) is 1.68. The van der Waals surface area contributed by atoms with E-state index in [1.54, 1.807) is 0 Å². The molecule has 0 spiro atoms. The summed E-state index contributed by atoms with van der Waals surface area (Å²) in [4.78, 5) is 35.7. The Balaban J connectivity index is 1.65. The molecule has 146 valence electrons. The number of nitrogens with zero attached hydrogens (tertiary/aromatic N) is 3. The minimum absolute atomic E-state index is 0.128. The van der Waals surface area contributed by atoms with Crippen LogP contribution in [0.5, 0.6) is 0 Å². The lowest BCUT2D eigenvalue weighted by atomic mass is 9.96. The molecular weight excluding hydrogens is 354 g/mol. The zero-order chi connectivity index (χ0) is 19.7. The summed E-state index contributed by atoms with van der Waals surface area (Å²) >= 11 is 0. The van der Waals surface area contributed by atoms with Crippen molar-refractivity contribution >= 4 is 23.1 Å². The van der Waals surface area contributed by atoms with Gasteiger partial charge in [-0.15, -0.1) is 0 Å². The average molecular weight is 379 g/mol.